The van der Waals surface area contributed by atoms with E-state index in [0.717, 1.165) is 10.0 Å². The summed E-state index contributed by atoms with van der Waals surface area (Å²) in [6, 6.07) is 10.7. The van der Waals surface area contributed by atoms with E-state index in [2.05, 4.69) is 37.2 Å². The van der Waals surface area contributed by atoms with E-state index >= 15 is 0 Å². The number of methoxy groups -OCH3 is 1. The molecule has 0 saturated carbocycles. The molecular formula is C15H14Br2FNO. The molecule has 0 saturated heterocycles. The Labute approximate surface area is 134 Å². The van der Waals surface area contributed by atoms with Crippen LogP contribution in [0.5, 0.6) is 5.75 Å². The van der Waals surface area contributed by atoms with Gasteiger partial charge in [0.1, 0.15) is 11.6 Å². The molecule has 0 aromatic heterocycles. The van der Waals surface area contributed by atoms with Gasteiger partial charge in [-0.15, -0.1) is 0 Å². The largest absolute Gasteiger partial charge is 0.496 e. The Kier molecular flexibility index (Phi) is 5.18. The summed E-state index contributed by atoms with van der Waals surface area (Å²) in [5.41, 5.74) is 1.46. The van der Waals surface area contributed by atoms with Crippen molar-refractivity contribution >= 4 is 31.9 Å². The number of rotatable bonds is 4. The van der Waals surface area contributed by atoms with Gasteiger partial charge in [0.05, 0.1) is 17.6 Å². The van der Waals surface area contributed by atoms with E-state index in [1.165, 1.54) is 0 Å². The van der Waals surface area contributed by atoms with Crippen LogP contribution >= 0.6 is 31.9 Å². The van der Waals surface area contributed by atoms with Crippen LogP contribution < -0.4 is 10.1 Å². The summed E-state index contributed by atoms with van der Waals surface area (Å²) >= 11 is 6.63. The quantitative estimate of drug-likeness (QED) is 0.802. The molecule has 0 spiro atoms. The van der Waals surface area contributed by atoms with Gasteiger partial charge in [0.25, 0.3) is 0 Å². The Balaban J connectivity index is 2.55. The van der Waals surface area contributed by atoms with Crippen LogP contribution in [0.2, 0.25) is 0 Å². The van der Waals surface area contributed by atoms with Crippen molar-refractivity contribution in [2.45, 2.75) is 6.04 Å². The smallest absolute Gasteiger partial charge is 0.142 e. The molecule has 2 aromatic carbocycles. The second kappa shape index (κ2) is 6.70. The highest BCUT2D eigenvalue weighted by Gasteiger charge is 2.21. The lowest BCUT2D eigenvalue weighted by Crippen LogP contribution is -2.19. The lowest BCUT2D eigenvalue weighted by molar-refractivity contribution is 0.404. The molecule has 2 nitrogen and oxygen atoms in total. The molecule has 2 rings (SSSR count). The number of halogens is 3. The topological polar surface area (TPSA) is 21.3 Å². The van der Waals surface area contributed by atoms with Crippen molar-refractivity contribution < 1.29 is 9.13 Å². The zero-order valence-electron chi connectivity index (χ0n) is 11.1. The Morgan fingerprint density at radius 2 is 1.90 bits per heavy atom. The monoisotopic (exact) mass is 401 g/mol. The zero-order chi connectivity index (χ0) is 14.7. The van der Waals surface area contributed by atoms with Crippen molar-refractivity contribution in [2.75, 3.05) is 14.2 Å². The highest BCUT2D eigenvalue weighted by molar-refractivity contribution is 9.10. The average Bonchev–Trinajstić information content (AvgIpc) is 2.45. The second-order valence-corrected chi connectivity index (χ2v) is 6.02. The highest BCUT2D eigenvalue weighted by atomic mass is 79.9. The molecule has 20 heavy (non-hydrogen) atoms. The molecule has 1 unspecified atom stereocenters. The molecule has 1 atom stereocenters. The van der Waals surface area contributed by atoms with E-state index in [9.17, 15) is 4.39 Å². The molecule has 0 bridgehead atoms. The minimum Gasteiger partial charge on any atom is -0.496 e. The van der Waals surface area contributed by atoms with Crippen molar-refractivity contribution in [2.24, 2.45) is 0 Å². The van der Waals surface area contributed by atoms with Gasteiger partial charge in [-0.2, -0.15) is 0 Å². The predicted molar refractivity (Wildman–Crippen MR) is 85.7 cm³/mol. The third kappa shape index (κ3) is 3.05. The lowest BCUT2D eigenvalue weighted by Gasteiger charge is -2.21. The van der Waals surface area contributed by atoms with Crippen LogP contribution in [0.3, 0.4) is 0 Å². The molecule has 0 amide bonds. The summed E-state index contributed by atoms with van der Waals surface area (Å²) in [6.45, 7) is 0. The van der Waals surface area contributed by atoms with Crippen molar-refractivity contribution in [1.29, 1.82) is 0 Å². The van der Waals surface area contributed by atoms with Gasteiger partial charge >= 0.3 is 0 Å². The van der Waals surface area contributed by atoms with E-state index in [1.807, 2.05) is 24.3 Å². The zero-order valence-corrected chi connectivity index (χ0v) is 14.3. The first kappa shape index (κ1) is 15.5. The maximum Gasteiger partial charge on any atom is 0.142 e. The summed E-state index contributed by atoms with van der Waals surface area (Å²) in [5.74, 6) is 0.440. The summed E-state index contributed by atoms with van der Waals surface area (Å²) in [7, 11) is 3.40. The number of hydrogen-bond donors (Lipinski definition) is 1. The van der Waals surface area contributed by atoms with Gasteiger partial charge in [0.2, 0.25) is 0 Å². The normalized spacial score (nSPS) is 12.2. The van der Waals surface area contributed by atoms with Gasteiger partial charge in [-0.05, 0) is 41.2 Å². The molecule has 1 N–H and O–H groups in total. The van der Waals surface area contributed by atoms with E-state index in [0.29, 0.717) is 15.8 Å². The van der Waals surface area contributed by atoms with Gasteiger partial charge in [0, 0.05) is 15.6 Å². The van der Waals surface area contributed by atoms with Crippen LogP contribution in [0, 0.1) is 5.82 Å². The minimum absolute atomic E-state index is 0.267. The molecule has 5 heteroatoms. The third-order valence-corrected chi connectivity index (χ3v) is 4.19. The fourth-order valence-electron chi connectivity index (χ4n) is 2.15. The first-order valence-electron chi connectivity index (χ1n) is 6.03. The molecule has 0 aliphatic heterocycles. The van der Waals surface area contributed by atoms with Gasteiger partial charge in [-0.1, -0.05) is 34.1 Å². The van der Waals surface area contributed by atoms with Gasteiger partial charge in [0.15, 0.2) is 0 Å². The van der Waals surface area contributed by atoms with Crippen molar-refractivity contribution in [1.82, 2.24) is 5.32 Å². The summed E-state index contributed by atoms with van der Waals surface area (Å²) < 4.78 is 21.1. The Hall–Kier alpha value is -0.910. The maximum atomic E-state index is 14.3. The molecule has 0 fully saturated rings. The molecule has 0 aliphatic carbocycles. The van der Waals surface area contributed by atoms with Crippen LogP contribution in [0.15, 0.2) is 45.3 Å². The first-order valence-corrected chi connectivity index (χ1v) is 7.61. The number of hydrogen-bond acceptors (Lipinski definition) is 2. The molecular weight excluding hydrogens is 389 g/mol. The molecule has 0 aliphatic rings. The van der Waals surface area contributed by atoms with Crippen molar-refractivity contribution in [3.63, 3.8) is 0 Å². The Morgan fingerprint density at radius 1 is 1.15 bits per heavy atom. The average molecular weight is 403 g/mol. The van der Waals surface area contributed by atoms with E-state index in [-0.39, 0.29) is 11.9 Å². The number of ether oxygens (including phenoxy) is 1. The van der Waals surface area contributed by atoms with Gasteiger partial charge in [-0.3, -0.25) is 0 Å². The predicted octanol–water partition coefficient (Wildman–Crippen LogP) is 4.67. The van der Waals surface area contributed by atoms with Gasteiger partial charge in [-0.25, -0.2) is 4.39 Å². The van der Waals surface area contributed by atoms with Gasteiger partial charge < -0.3 is 10.1 Å². The molecule has 2 aromatic rings. The lowest BCUT2D eigenvalue weighted by atomic mass is 9.97. The third-order valence-electron chi connectivity index (χ3n) is 3.09. The SMILES string of the molecule is CNC(c1ccc(Br)cc1OC)c1cccc(Br)c1F. The van der Waals surface area contributed by atoms with Crippen LogP contribution in [0.25, 0.3) is 0 Å². The van der Waals surface area contributed by atoms with Crippen LogP contribution in [0.4, 0.5) is 4.39 Å². The maximum absolute atomic E-state index is 14.3. The fourth-order valence-corrected chi connectivity index (χ4v) is 2.87. The number of benzene rings is 2. The summed E-state index contributed by atoms with van der Waals surface area (Å²) in [6.07, 6.45) is 0. The van der Waals surface area contributed by atoms with Crippen LogP contribution in [-0.2, 0) is 0 Å². The van der Waals surface area contributed by atoms with Crippen LogP contribution in [-0.4, -0.2) is 14.2 Å². The summed E-state index contributed by atoms with van der Waals surface area (Å²) in [5, 5.41) is 3.14. The minimum atomic E-state index is -0.282. The first-order chi connectivity index (χ1) is 9.58. The van der Waals surface area contributed by atoms with E-state index in [1.54, 1.807) is 26.3 Å². The second-order valence-electron chi connectivity index (χ2n) is 4.25. The Morgan fingerprint density at radius 3 is 2.55 bits per heavy atom. The van der Waals surface area contributed by atoms with E-state index < -0.39 is 0 Å². The molecule has 106 valence electrons. The molecule has 0 heterocycles. The number of nitrogens with one attached hydrogen (secondary N) is 1. The van der Waals surface area contributed by atoms with Crippen molar-refractivity contribution in [3.05, 3.63) is 62.3 Å². The molecule has 0 radical (unpaired) electrons. The fraction of sp³-hybridized carbons (Fsp3) is 0.200. The highest BCUT2D eigenvalue weighted by Crippen LogP contribution is 2.34. The van der Waals surface area contributed by atoms with Crippen LogP contribution in [0.1, 0.15) is 17.2 Å². The standard InChI is InChI=1S/C15H14Br2FNO/c1-19-15(11-4-3-5-12(17)14(11)18)10-7-6-9(16)8-13(10)20-2/h3-8,15,19H,1-2H3. The summed E-state index contributed by atoms with van der Waals surface area (Å²) in [4.78, 5) is 0. The van der Waals surface area contributed by atoms with E-state index in [4.69, 9.17) is 4.74 Å². The Bertz CT molecular complexity index is 619. The van der Waals surface area contributed by atoms with Crippen molar-refractivity contribution in [3.8, 4) is 5.75 Å².